The Kier molecular flexibility index (Phi) is 6.64. The number of hydrogen-bond acceptors (Lipinski definition) is 6. The van der Waals surface area contributed by atoms with Gasteiger partial charge in [0, 0.05) is 25.1 Å². The van der Waals surface area contributed by atoms with Gasteiger partial charge in [0.25, 0.3) is 0 Å². The number of nitrogens with zero attached hydrogens (tertiary/aromatic N) is 2. The summed E-state index contributed by atoms with van der Waals surface area (Å²) in [6.07, 6.45) is 0.970. The normalized spacial score (nSPS) is 14.9. The zero-order valence-corrected chi connectivity index (χ0v) is 17.1. The van der Waals surface area contributed by atoms with Crippen LogP contribution in [-0.4, -0.2) is 47.5 Å². The third-order valence-electron chi connectivity index (χ3n) is 5.20. The van der Waals surface area contributed by atoms with Crippen molar-refractivity contribution >= 4 is 5.97 Å². The fraction of sp³-hybridized carbons (Fsp3) is 0.261. The van der Waals surface area contributed by atoms with Crippen molar-refractivity contribution in [3.63, 3.8) is 0 Å². The molecule has 1 N–H and O–H groups in total. The molecule has 0 aliphatic heterocycles. The first kappa shape index (κ1) is 21.3. The SMILES string of the molecule is COc1ccccc1C(c1ccccc1)(C(C)OC)C(Oc1ncccn1)C(=O)O. The summed E-state index contributed by atoms with van der Waals surface area (Å²) in [4.78, 5) is 20.8. The van der Waals surface area contributed by atoms with Crippen LogP contribution in [0.1, 0.15) is 18.1 Å². The highest BCUT2D eigenvalue weighted by molar-refractivity contribution is 5.78. The summed E-state index contributed by atoms with van der Waals surface area (Å²) in [6.45, 7) is 1.81. The molecule has 156 valence electrons. The van der Waals surface area contributed by atoms with Crippen molar-refractivity contribution in [1.82, 2.24) is 9.97 Å². The molecule has 0 aliphatic rings. The molecule has 3 aromatic rings. The number of carboxylic acid groups (broad SMARTS) is 1. The Bertz CT molecular complexity index is 968. The Hall–Kier alpha value is -3.45. The summed E-state index contributed by atoms with van der Waals surface area (Å²) < 4.78 is 17.3. The zero-order valence-electron chi connectivity index (χ0n) is 17.1. The lowest BCUT2D eigenvalue weighted by Crippen LogP contribution is -2.56. The van der Waals surface area contributed by atoms with Gasteiger partial charge in [-0.1, -0.05) is 48.5 Å². The first-order chi connectivity index (χ1) is 14.6. The van der Waals surface area contributed by atoms with Crippen molar-refractivity contribution in [3.8, 4) is 11.8 Å². The van der Waals surface area contributed by atoms with Crippen LogP contribution in [0, 0.1) is 0 Å². The molecule has 7 heteroatoms. The van der Waals surface area contributed by atoms with Gasteiger partial charge in [0.2, 0.25) is 6.10 Å². The average Bonchev–Trinajstić information content (AvgIpc) is 2.80. The van der Waals surface area contributed by atoms with Crippen LogP contribution in [0.2, 0.25) is 0 Å². The van der Waals surface area contributed by atoms with Gasteiger partial charge in [-0.15, -0.1) is 0 Å². The number of aromatic nitrogens is 2. The Balaban J connectivity index is 2.35. The number of para-hydroxylation sites is 1. The summed E-state index contributed by atoms with van der Waals surface area (Å²) in [5, 5.41) is 10.3. The van der Waals surface area contributed by atoms with Crippen LogP contribution in [0.25, 0.3) is 0 Å². The van der Waals surface area contributed by atoms with Crippen LogP contribution < -0.4 is 9.47 Å². The minimum absolute atomic E-state index is 0.0385. The predicted octanol–water partition coefficient (Wildman–Crippen LogP) is 3.34. The number of carboxylic acids is 1. The topological polar surface area (TPSA) is 90.8 Å². The molecule has 0 aliphatic carbocycles. The van der Waals surface area contributed by atoms with Gasteiger partial charge in [0.1, 0.15) is 5.75 Å². The number of hydrogen-bond donors (Lipinski definition) is 1. The van der Waals surface area contributed by atoms with Crippen LogP contribution in [-0.2, 0) is 14.9 Å². The van der Waals surface area contributed by atoms with Gasteiger partial charge >= 0.3 is 12.0 Å². The fourth-order valence-corrected chi connectivity index (χ4v) is 3.79. The molecule has 1 heterocycles. The van der Waals surface area contributed by atoms with Crippen molar-refractivity contribution in [3.05, 3.63) is 84.2 Å². The number of methoxy groups -OCH3 is 2. The predicted molar refractivity (Wildman–Crippen MR) is 111 cm³/mol. The molecule has 2 aromatic carbocycles. The highest BCUT2D eigenvalue weighted by Crippen LogP contribution is 2.45. The second kappa shape index (κ2) is 9.37. The van der Waals surface area contributed by atoms with Crippen LogP contribution in [0.5, 0.6) is 11.8 Å². The van der Waals surface area contributed by atoms with E-state index in [2.05, 4.69) is 9.97 Å². The average molecular weight is 408 g/mol. The second-order valence-corrected chi connectivity index (χ2v) is 6.68. The Morgan fingerprint density at radius 2 is 1.60 bits per heavy atom. The zero-order chi connectivity index (χ0) is 21.6. The molecule has 0 radical (unpaired) electrons. The van der Waals surface area contributed by atoms with Gasteiger partial charge in [-0.25, -0.2) is 14.8 Å². The molecule has 0 bridgehead atoms. The van der Waals surface area contributed by atoms with Crippen molar-refractivity contribution in [2.45, 2.75) is 24.5 Å². The maximum atomic E-state index is 12.6. The van der Waals surface area contributed by atoms with Crippen LogP contribution in [0.3, 0.4) is 0 Å². The summed E-state index contributed by atoms with van der Waals surface area (Å²) in [6, 6.07) is 18.1. The van der Waals surface area contributed by atoms with E-state index in [9.17, 15) is 9.90 Å². The van der Waals surface area contributed by atoms with E-state index < -0.39 is 23.6 Å². The highest BCUT2D eigenvalue weighted by Gasteiger charge is 2.54. The minimum atomic E-state index is -1.41. The number of aliphatic carboxylic acids is 1. The van der Waals surface area contributed by atoms with Gasteiger partial charge in [-0.2, -0.15) is 0 Å². The van der Waals surface area contributed by atoms with Crippen LogP contribution in [0.15, 0.2) is 73.1 Å². The molecule has 1 aromatic heterocycles. The van der Waals surface area contributed by atoms with Gasteiger partial charge in [-0.05, 0) is 24.6 Å². The molecule has 7 nitrogen and oxygen atoms in total. The van der Waals surface area contributed by atoms with Crippen LogP contribution in [0.4, 0.5) is 0 Å². The molecule has 3 rings (SSSR count). The Morgan fingerprint density at radius 1 is 0.967 bits per heavy atom. The largest absolute Gasteiger partial charge is 0.496 e. The maximum Gasteiger partial charge on any atom is 0.346 e. The molecule has 0 saturated heterocycles. The third-order valence-corrected chi connectivity index (χ3v) is 5.20. The number of carbonyl (C=O) groups is 1. The van der Waals surface area contributed by atoms with E-state index in [1.807, 2.05) is 55.5 Å². The van der Waals surface area contributed by atoms with Gasteiger partial charge in [0.15, 0.2) is 0 Å². The Morgan fingerprint density at radius 3 is 2.20 bits per heavy atom. The van der Waals surface area contributed by atoms with E-state index in [-0.39, 0.29) is 6.01 Å². The fourth-order valence-electron chi connectivity index (χ4n) is 3.79. The quantitative estimate of drug-likeness (QED) is 0.581. The van der Waals surface area contributed by atoms with Gasteiger partial charge in [0.05, 0.1) is 18.6 Å². The van der Waals surface area contributed by atoms with E-state index in [4.69, 9.17) is 14.2 Å². The van der Waals surface area contributed by atoms with Crippen molar-refractivity contribution in [2.75, 3.05) is 14.2 Å². The molecule has 0 fully saturated rings. The molecule has 0 spiro atoms. The molecule has 0 saturated carbocycles. The summed E-state index contributed by atoms with van der Waals surface area (Å²) in [5.74, 6) is -0.657. The number of ether oxygens (including phenoxy) is 3. The molecular formula is C23H24N2O5. The monoisotopic (exact) mass is 408 g/mol. The first-order valence-corrected chi connectivity index (χ1v) is 9.44. The van der Waals surface area contributed by atoms with E-state index >= 15 is 0 Å². The molecular weight excluding hydrogens is 384 g/mol. The number of rotatable bonds is 9. The van der Waals surface area contributed by atoms with E-state index in [1.165, 1.54) is 19.5 Å². The molecule has 0 amide bonds. The summed E-state index contributed by atoms with van der Waals surface area (Å²) in [5.41, 5.74) is 0.0526. The lowest BCUT2D eigenvalue weighted by Gasteiger charge is -2.43. The van der Waals surface area contributed by atoms with E-state index in [0.717, 1.165) is 0 Å². The highest BCUT2D eigenvalue weighted by atomic mass is 16.5. The second-order valence-electron chi connectivity index (χ2n) is 6.68. The lowest BCUT2D eigenvalue weighted by molar-refractivity contribution is -0.151. The van der Waals surface area contributed by atoms with E-state index in [1.54, 1.807) is 19.2 Å². The number of benzene rings is 2. The maximum absolute atomic E-state index is 12.6. The third kappa shape index (κ3) is 3.84. The van der Waals surface area contributed by atoms with Crippen molar-refractivity contribution in [1.29, 1.82) is 0 Å². The van der Waals surface area contributed by atoms with Gasteiger partial charge in [-0.3, -0.25) is 0 Å². The first-order valence-electron chi connectivity index (χ1n) is 9.44. The Labute approximate surface area is 175 Å². The molecule has 3 atom stereocenters. The lowest BCUT2D eigenvalue weighted by atomic mass is 9.66. The smallest absolute Gasteiger partial charge is 0.346 e. The summed E-state index contributed by atoms with van der Waals surface area (Å²) in [7, 11) is 3.08. The summed E-state index contributed by atoms with van der Waals surface area (Å²) >= 11 is 0. The van der Waals surface area contributed by atoms with Crippen LogP contribution >= 0.6 is 0 Å². The standard InChI is InChI=1S/C23H24N2O5/c1-16(28-2)23(17-10-5-4-6-11-17,18-12-7-8-13-19(18)29-3)20(21(26)27)30-22-24-14-9-15-25-22/h4-16,20H,1-3H3,(H,26,27). The molecule has 30 heavy (non-hydrogen) atoms. The minimum Gasteiger partial charge on any atom is -0.496 e. The van der Waals surface area contributed by atoms with E-state index in [0.29, 0.717) is 16.9 Å². The van der Waals surface area contributed by atoms with Crippen molar-refractivity contribution < 1.29 is 24.1 Å². The van der Waals surface area contributed by atoms with Crippen molar-refractivity contribution in [2.24, 2.45) is 0 Å². The molecule has 3 unspecified atom stereocenters. The van der Waals surface area contributed by atoms with Gasteiger partial charge < -0.3 is 19.3 Å².